The highest BCUT2D eigenvalue weighted by Crippen LogP contribution is 2.21. The van der Waals surface area contributed by atoms with Crippen LogP contribution >= 0.6 is 11.6 Å². The molecule has 0 aliphatic heterocycles. The van der Waals surface area contributed by atoms with Crippen LogP contribution in [0.1, 0.15) is 15.9 Å². The minimum atomic E-state index is -4.02. The van der Waals surface area contributed by atoms with E-state index in [1.165, 1.54) is 18.2 Å². The van der Waals surface area contributed by atoms with Crippen molar-refractivity contribution in [1.82, 2.24) is 4.72 Å². The first-order valence-corrected chi connectivity index (χ1v) is 10.2. The summed E-state index contributed by atoms with van der Waals surface area (Å²) in [5.41, 5.74) is 0.0281. The Labute approximate surface area is 171 Å². The highest BCUT2D eigenvalue weighted by Gasteiger charge is 2.18. The molecule has 0 aliphatic carbocycles. The molecule has 3 rings (SSSR count). The zero-order chi connectivity index (χ0) is 21.0. The number of hydrogen-bond acceptors (Lipinski definition) is 3. The standard InChI is InChI=1S/C20H15ClF2N2O3S/c21-16-7-3-1-5-13(16)12-24-29(27,28)14-9-10-19(18(23)11-14)25-20(26)15-6-2-4-8-17(15)22/h1-11,24H,12H2,(H,25,26). The van der Waals surface area contributed by atoms with E-state index in [1.807, 2.05) is 0 Å². The van der Waals surface area contributed by atoms with E-state index in [0.717, 1.165) is 24.3 Å². The highest BCUT2D eigenvalue weighted by atomic mass is 35.5. The lowest BCUT2D eigenvalue weighted by Gasteiger charge is -2.11. The van der Waals surface area contributed by atoms with Gasteiger partial charge in [0.05, 0.1) is 16.1 Å². The van der Waals surface area contributed by atoms with Crippen molar-refractivity contribution in [2.45, 2.75) is 11.4 Å². The van der Waals surface area contributed by atoms with Crippen molar-refractivity contribution in [2.24, 2.45) is 0 Å². The van der Waals surface area contributed by atoms with Gasteiger partial charge in [0, 0.05) is 11.6 Å². The van der Waals surface area contributed by atoms with Gasteiger partial charge in [0.25, 0.3) is 5.91 Å². The molecule has 0 aromatic heterocycles. The minimum absolute atomic E-state index is 0.0740. The normalized spacial score (nSPS) is 11.3. The Hall–Kier alpha value is -2.81. The zero-order valence-corrected chi connectivity index (χ0v) is 16.4. The van der Waals surface area contributed by atoms with Crippen LogP contribution in [0.25, 0.3) is 0 Å². The summed E-state index contributed by atoms with van der Waals surface area (Å²) in [5.74, 6) is -2.59. The van der Waals surface area contributed by atoms with Gasteiger partial charge in [-0.3, -0.25) is 4.79 Å². The molecular formula is C20H15ClF2N2O3S. The number of anilines is 1. The third-order valence-corrected chi connectivity index (χ3v) is 5.80. The smallest absolute Gasteiger partial charge is 0.258 e. The second-order valence-corrected chi connectivity index (χ2v) is 8.17. The summed E-state index contributed by atoms with van der Waals surface area (Å²) in [6.45, 7) is -0.0740. The molecule has 3 aromatic carbocycles. The second kappa shape index (κ2) is 8.69. The molecule has 5 nitrogen and oxygen atoms in total. The predicted molar refractivity (Wildman–Crippen MR) is 106 cm³/mol. The van der Waals surface area contributed by atoms with E-state index in [0.29, 0.717) is 10.6 Å². The second-order valence-electron chi connectivity index (χ2n) is 5.99. The summed E-state index contributed by atoms with van der Waals surface area (Å²) in [7, 11) is -4.02. The van der Waals surface area contributed by atoms with Gasteiger partial charge in [-0.05, 0) is 42.0 Å². The number of halogens is 3. The van der Waals surface area contributed by atoms with Gasteiger partial charge < -0.3 is 5.32 Å². The van der Waals surface area contributed by atoms with Gasteiger partial charge in [0.15, 0.2) is 0 Å². The molecule has 29 heavy (non-hydrogen) atoms. The third-order valence-electron chi connectivity index (χ3n) is 4.03. The van der Waals surface area contributed by atoms with Crippen molar-refractivity contribution >= 4 is 33.2 Å². The van der Waals surface area contributed by atoms with E-state index in [4.69, 9.17) is 11.6 Å². The fourth-order valence-corrected chi connectivity index (χ4v) is 3.72. The number of carbonyl (C=O) groups is 1. The van der Waals surface area contributed by atoms with Crippen molar-refractivity contribution in [3.8, 4) is 0 Å². The lowest BCUT2D eigenvalue weighted by atomic mass is 10.2. The molecule has 9 heteroatoms. The summed E-state index contributed by atoms with van der Waals surface area (Å²) in [5, 5.41) is 2.62. The molecule has 0 fully saturated rings. The summed E-state index contributed by atoms with van der Waals surface area (Å²) in [6.07, 6.45) is 0. The summed E-state index contributed by atoms with van der Waals surface area (Å²) >= 11 is 5.99. The van der Waals surface area contributed by atoms with E-state index < -0.39 is 27.6 Å². The maximum atomic E-state index is 14.4. The van der Waals surface area contributed by atoms with Gasteiger partial charge in [0.1, 0.15) is 11.6 Å². The van der Waals surface area contributed by atoms with Gasteiger partial charge in [0.2, 0.25) is 10.0 Å². The van der Waals surface area contributed by atoms with Gasteiger partial charge in [-0.25, -0.2) is 21.9 Å². The van der Waals surface area contributed by atoms with E-state index in [-0.39, 0.29) is 22.7 Å². The molecule has 0 bridgehead atoms. The van der Waals surface area contributed by atoms with Crippen LogP contribution in [0.3, 0.4) is 0 Å². The van der Waals surface area contributed by atoms with E-state index in [9.17, 15) is 22.0 Å². The summed E-state index contributed by atoms with van der Waals surface area (Å²) in [4.78, 5) is 11.8. The van der Waals surface area contributed by atoms with Crippen molar-refractivity contribution in [1.29, 1.82) is 0 Å². The molecule has 0 radical (unpaired) electrons. The zero-order valence-electron chi connectivity index (χ0n) is 14.8. The number of benzene rings is 3. The molecule has 0 heterocycles. The number of rotatable bonds is 6. The molecule has 0 atom stereocenters. The molecule has 150 valence electrons. The summed E-state index contributed by atoms with van der Waals surface area (Å²) in [6, 6.07) is 14.9. The minimum Gasteiger partial charge on any atom is -0.319 e. The number of amides is 1. The Bertz CT molecular complexity index is 1170. The van der Waals surface area contributed by atoms with Crippen molar-refractivity contribution < 1.29 is 22.0 Å². The van der Waals surface area contributed by atoms with Crippen LogP contribution in [0.5, 0.6) is 0 Å². The van der Waals surface area contributed by atoms with Crippen molar-refractivity contribution in [3.05, 3.63) is 94.5 Å². The molecule has 0 unspecified atom stereocenters. The van der Waals surface area contributed by atoms with Crippen molar-refractivity contribution in [3.63, 3.8) is 0 Å². The number of sulfonamides is 1. The van der Waals surface area contributed by atoms with Crippen molar-refractivity contribution in [2.75, 3.05) is 5.32 Å². The fraction of sp³-hybridized carbons (Fsp3) is 0.0500. The Morgan fingerprint density at radius 2 is 1.62 bits per heavy atom. The Morgan fingerprint density at radius 3 is 2.31 bits per heavy atom. The number of carbonyl (C=O) groups excluding carboxylic acids is 1. The quantitative estimate of drug-likeness (QED) is 0.603. The fourth-order valence-electron chi connectivity index (χ4n) is 2.50. The molecule has 1 amide bonds. The van der Waals surface area contributed by atoms with E-state index in [1.54, 1.807) is 24.3 Å². The van der Waals surface area contributed by atoms with E-state index >= 15 is 0 Å². The van der Waals surface area contributed by atoms with E-state index in [2.05, 4.69) is 10.0 Å². The first-order valence-electron chi connectivity index (χ1n) is 8.36. The lowest BCUT2D eigenvalue weighted by Crippen LogP contribution is -2.23. The Kier molecular flexibility index (Phi) is 6.26. The topological polar surface area (TPSA) is 75.3 Å². The average molecular weight is 437 g/mol. The highest BCUT2D eigenvalue weighted by molar-refractivity contribution is 7.89. The van der Waals surface area contributed by atoms with Crippen LogP contribution < -0.4 is 10.0 Å². The molecule has 0 aliphatic rings. The monoisotopic (exact) mass is 436 g/mol. The SMILES string of the molecule is O=C(Nc1ccc(S(=O)(=O)NCc2ccccc2Cl)cc1F)c1ccccc1F. The van der Waals surface area contributed by atoms with Gasteiger partial charge in [-0.15, -0.1) is 0 Å². The average Bonchev–Trinajstić information content (AvgIpc) is 2.69. The Morgan fingerprint density at radius 1 is 0.931 bits per heavy atom. The van der Waals surface area contributed by atoms with Gasteiger partial charge in [-0.1, -0.05) is 41.9 Å². The third kappa shape index (κ3) is 4.97. The van der Waals surface area contributed by atoms with Gasteiger partial charge >= 0.3 is 0 Å². The lowest BCUT2D eigenvalue weighted by molar-refractivity contribution is 0.102. The maximum absolute atomic E-state index is 14.4. The summed E-state index contributed by atoms with van der Waals surface area (Å²) < 4.78 is 55.2. The maximum Gasteiger partial charge on any atom is 0.258 e. The number of hydrogen-bond donors (Lipinski definition) is 2. The van der Waals surface area contributed by atoms with Crippen LogP contribution in [0.2, 0.25) is 5.02 Å². The van der Waals surface area contributed by atoms with Crippen LogP contribution in [0, 0.1) is 11.6 Å². The van der Waals surface area contributed by atoms with Crippen LogP contribution in [0.4, 0.5) is 14.5 Å². The first-order chi connectivity index (χ1) is 13.8. The molecule has 0 saturated heterocycles. The van der Waals surface area contributed by atoms with Crippen LogP contribution in [0.15, 0.2) is 71.6 Å². The van der Waals surface area contributed by atoms with Crippen LogP contribution in [-0.2, 0) is 16.6 Å². The number of nitrogens with one attached hydrogen (secondary N) is 2. The Balaban J connectivity index is 1.75. The van der Waals surface area contributed by atoms with Crippen LogP contribution in [-0.4, -0.2) is 14.3 Å². The molecule has 0 saturated carbocycles. The molecule has 3 aromatic rings. The predicted octanol–water partition coefficient (Wildman–Crippen LogP) is 4.35. The molecular weight excluding hydrogens is 422 g/mol. The molecule has 0 spiro atoms. The largest absolute Gasteiger partial charge is 0.319 e. The molecule has 2 N–H and O–H groups in total. The van der Waals surface area contributed by atoms with Gasteiger partial charge in [-0.2, -0.15) is 0 Å². The first kappa shape index (κ1) is 20.9.